The first kappa shape index (κ1) is 14.7. The highest BCUT2D eigenvalue weighted by Gasteiger charge is 2.19. The Bertz CT molecular complexity index is 660. The molecule has 0 bridgehead atoms. The van der Waals surface area contributed by atoms with E-state index < -0.39 is 10.0 Å². The van der Waals surface area contributed by atoms with Crippen molar-refractivity contribution in [3.8, 4) is 0 Å². The number of sulfonamides is 1. The van der Waals surface area contributed by atoms with Crippen molar-refractivity contribution in [2.45, 2.75) is 37.9 Å². The van der Waals surface area contributed by atoms with Gasteiger partial charge in [-0.2, -0.15) is 5.10 Å². The van der Waals surface area contributed by atoms with Gasteiger partial charge in [0.1, 0.15) is 12.2 Å². The minimum absolute atomic E-state index is 0.0314. The van der Waals surface area contributed by atoms with Gasteiger partial charge in [0.05, 0.1) is 18.0 Å². The van der Waals surface area contributed by atoms with E-state index >= 15 is 0 Å². The summed E-state index contributed by atoms with van der Waals surface area (Å²) < 4.78 is 28.5. The third kappa shape index (κ3) is 3.06. The molecule has 0 unspecified atom stereocenters. The van der Waals surface area contributed by atoms with Gasteiger partial charge >= 0.3 is 0 Å². The number of hydrogen-bond donors (Lipinski definition) is 3. The fraction of sp³-hybridized carbons (Fsp3) is 0.455. The van der Waals surface area contributed by atoms with Gasteiger partial charge in [0.15, 0.2) is 0 Å². The molecular weight excluding hydrogens is 282 g/mol. The summed E-state index contributed by atoms with van der Waals surface area (Å²) in [4.78, 5) is 3.96. The number of nitrogens with zero attached hydrogens (tertiary/aromatic N) is 3. The average Bonchev–Trinajstić information content (AvgIpc) is 3.05. The lowest BCUT2D eigenvalue weighted by Crippen LogP contribution is -2.23. The molecule has 0 radical (unpaired) electrons. The summed E-state index contributed by atoms with van der Waals surface area (Å²) in [5.74, 6) is 0.430. The molecule has 110 valence electrons. The molecule has 0 spiro atoms. The van der Waals surface area contributed by atoms with Gasteiger partial charge in [-0.1, -0.05) is 0 Å². The Kier molecular flexibility index (Phi) is 4.21. The van der Waals surface area contributed by atoms with Gasteiger partial charge in [-0.05, 0) is 19.9 Å². The van der Waals surface area contributed by atoms with Crippen molar-refractivity contribution in [2.75, 3.05) is 0 Å². The molecule has 2 aromatic heterocycles. The summed E-state index contributed by atoms with van der Waals surface area (Å²) in [6.07, 6.45) is 2.82. The van der Waals surface area contributed by atoms with Crippen molar-refractivity contribution in [3.05, 3.63) is 30.1 Å². The van der Waals surface area contributed by atoms with Crippen molar-refractivity contribution < 1.29 is 13.5 Å². The van der Waals surface area contributed by atoms with E-state index in [1.165, 1.54) is 18.6 Å². The first-order valence-corrected chi connectivity index (χ1v) is 7.58. The highest BCUT2D eigenvalue weighted by atomic mass is 32.2. The fourth-order valence-corrected chi connectivity index (χ4v) is 2.85. The molecule has 0 atom stereocenters. The maximum atomic E-state index is 12.2. The predicted molar refractivity (Wildman–Crippen MR) is 71.1 cm³/mol. The lowest BCUT2D eigenvalue weighted by molar-refractivity contribution is 0.268. The summed E-state index contributed by atoms with van der Waals surface area (Å²) >= 11 is 0. The molecule has 3 N–H and O–H groups in total. The molecule has 2 aromatic rings. The second kappa shape index (κ2) is 5.73. The van der Waals surface area contributed by atoms with Gasteiger partial charge in [-0.15, -0.1) is 0 Å². The Labute approximate surface area is 116 Å². The fourth-order valence-electron chi connectivity index (χ4n) is 1.81. The molecule has 0 aliphatic heterocycles. The van der Waals surface area contributed by atoms with Gasteiger partial charge in [0, 0.05) is 17.9 Å². The van der Waals surface area contributed by atoms with Gasteiger partial charge in [-0.25, -0.2) is 18.1 Å². The molecule has 20 heavy (non-hydrogen) atoms. The Morgan fingerprint density at radius 3 is 2.75 bits per heavy atom. The molecule has 2 heterocycles. The maximum absolute atomic E-state index is 12.2. The molecule has 8 nitrogen and oxygen atoms in total. The second-order valence-electron chi connectivity index (χ2n) is 4.58. The Morgan fingerprint density at radius 1 is 1.50 bits per heavy atom. The predicted octanol–water partition coefficient (Wildman–Crippen LogP) is 0.158. The molecule has 0 aromatic carbocycles. The molecule has 0 fully saturated rings. The van der Waals surface area contributed by atoms with E-state index in [0.29, 0.717) is 11.5 Å². The van der Waals surface area contributed by atoms with Crippen LogP contribution in [0.4, 0.5) is 0 Å². The molecule has 2 rings (SSSR count). The van der Waals surface area contributed by atoms with Gasteiger partial charge < -0.3 is 9.67 Å². The normalized spacial score (nSPS) is 12.2. The third-order valence-corrected chi connectivity index (χ3v) is 4.20. The highest BCUT2D eigenvalue weighted by Crippen LogP contribution is 2.19. The van der Waals surface area contributed by atoms with Crippen molar-refractivity contribution in [2.24, 2.45) is 0 Å². The van der Waals surface area contributed by atoms with Crippen molar-refractivity contribution >= 4 is 10.0 Å². The number of rotatable bonds is 6. The smallest absolute Gasteiger partial charge is 0.242 e. The van der Waals surface area contributed by atoms with Gasteiger partial charge in [-0.3, -0.25) is 5.10 Å². The van der Waals surface area contributed by atoms with Crippen molar-refractivity contribution in [1.82, 2.24) is 24.5 Å². The Balaban J connectivity index is 2.21. The summed E-state index contributed by atoms with van der Waals surface area (Å²) in [5, 5.41) is 15.5. The van der Waals surface area contributed by atoms with Gasteiger partial charge in [0.25, 0.3) is 0 Å². The summed E-state index contributed by atoms with van der Waals surface area (Å²) in [5.41, 5.74) is 0.556. The van der Waals surface area contributed by atoms with E-state index in [4.69, 9.17) is 0 Å². The standard InChI is InChI=1S/C11H17N5O3S/c1-8(2)16-5-10(3-9(16)6-17)20(18,19)14-4-11-12-7-13-15-11/h3,5,7-8,14,17H,4,6H2,1-2H3,(H,12,13,15). The zero-order valence-electron chi connectivity index (χ0n) is 11.2. The highest BCUT2D eigenvalue weighted by molar-refractivity contribution is 7.89. The van der Waals surface area contributed by atoms with E-state index in [0.717, 1.165) is 0 Å². The van der Waals surface area contributed by atoms with Crippen LogP contribution in [0, 0.1) is 0 Å². The SMILES string of the molecule is CC(C)n1cc(S(=O)(=O)NCc2ncn[nH]2)cc1CO. The topological polar surface area (TPSA) is 113 Å². The van der Waals surface area contributed by atoms with Gasteiger partial charge in [0.2, 0.25) is 10.0 Å². The molecule has 9 heteroatoms. The number of aliphatic hydroxyl groups excluding tert-OH is 1. The van der Waals surface area contributed by atoms with Crippen LogP contribution in [0.2, 0.25) is 0 Å². The number of nitrogens with one attached hydrogen (secondary N) is 2. The van der Waals surface area contributed by atoms with Crippen LogP contribution >= 0.6 is 0 Å². The number of aromatic amines is 1. The van der Waals surface area contributed by atoms with E-state index in [1.54, 1.807) is 4.57 Å². The largest absolute Gasteiger partial charge is 0.390 e. The van der Waals surface area contributed by atoms with E-state index in [1.807, 2.05) is 13.8 Å². The van der Waals surface area contributed by atoms with Crippen molar-refractivity contribution in [3.63, 3.8) is 0 Å². The summed E-state index contributed by atoms with van der Waals surface area (Å²) in [6.45, 7) is 3.65. The molecule has 0 saturated carbocycles. The number of hydrogen-bond acceptors (Lipinski definition) is 5. The van der Waals surface area contributed by atoms with E-state index in [2.05, 4.69) is 19.9 Å². The monoisotopic (exact) mass is 299 g/mol. The van der Waals surface area contributed by atoms with Crippen LogP contribution in [0.3, 0.4) is 0 Å². The Morgan fingerprint density at radius 2 is 2.25 bits per heavy atom. The lowest BCUT2D eigenvalue weighted by Gasteiger charge is -2.10. The lowest BCUT2D eigenvalue weighted by atomic mass is 10.3. The zero-order valence-corrected chi connectivity index (χ0v) is 12.1. The van der Waals surface area contributed by atoms with Crippen LogP contribution in [0.15, 0.2) is 23.5 Å². The average molecular weight is 299 g/mol. The molecule has 0 amide bonds. The second-order valence-corrected chi connectivity index (χ2v) is 6.35. The Hall–Kier alpha value is -1.71. The first-order valence-electron chi connectivity index (χ1n) is 6.09. The molecule has 0 aliphatic carbocycles. The quantitative estimate of drug-likeness (QED) is 0.703. The summed E-state index contributed by atoms with van der Waals surface area (Å²) in [6, 6.07) is 1.53. The van der Waals surface area contributed by atoms with Crippen LogP contribution in [-0.4, -0.2) is 33.3 Å². The first-order chi connectivity index (χ1) is 9.44. The van der Waals surface area contributed by atoms with Crippen molar-refractivity contribution in [1.29, 1.82) is 0 Å². The number of H-pyrrole nitrogens is 1. The van der Waals surface area contributed by atoms with Crippen LogP contribution in [0.1, 0.15) is 31.4 Å². The maximum Gasteiger partial charge on any atom is 0.242 e. The van der Waals surface area contributed by atoms with E-state index in [9.17, 15) is 13.5 Å². The summed E-state index contributed by atoms with van der Waals surface area (Å²) in [7, 11) is -3.65. The minimum Gasteiger partial charge on any atom is -0.390 e. The zero-order chi connectivity index (χ0) is 14.8. The van der Waals surface area contributed by atoms with Crippen LogP contribution < -0.4 is 4.72 Å². The number of aliphatic hydroxyl groups is 1. The van der Waals surface area contributed by atoms with Crippen LogP contribution in [0.5, 0.6) is 0 Å². The molecular formula is C11H17N5O3S. The van der Waals surface area contributed by atoms with Crippen LogP contribution in [-0.2, 0) is 23.2 Å². The number of aromatic nitrogens is 4. The van der Waals surface area contributed by atoms with Crippen LogP contribution in [0.25, 0.3) is 0 Å². The molecule has 0 saturated heterocycles. The third-order valence-electron chi connectivity index (χ3n) is 2.83. The minimum atomic E-state index is -3.65. The van der Waals surface area contributed by atoms with E-state index in [-0.39, 0.29) is 24.1 Å². The molecule has 0 aliphatic rings.